The Morgan fingerprint density at radius 1 is 0.939 bits per heavy atom. The van der Waals surface area contributed by atoms with Gasteiger partial charge in [0.2, 0.25) is 0 Å². The summed E-state index contributed by atoms with van der Waals surface area (Å²) in [7, 11) is -3.95. The van der Waals surface area contributed by atoms with Crippen molar-refractivity contribution in [3.05, 3.63) is 78.4 Å². The van der Waals surface area contributed by atoms with E-state index in [0.29, 0.717) is 35.8 Å². The molecule has 1 fully saturated rings. The van der Waals surface area contributed by atoms with Gasteiger partial charge in [-0.1, -0.05) is 30.3 Å². The summed E-state index contributed by atoms with van der Waals surface area (Å²) >= 11 is 1.43. The Bertz CT molecular complexity index is 1220. The summed E-state index contributed by atoms with van der Waals surface area (Å²) in [5, 5.41) is 0. The average Bonchev–Trinajstić information content (AvgIpc) is 2.85. The molecule has 6 nitrogen and oxygen atoms in total. The van der Waals surface area contributed by atoms with Gasteiger partial charge in [-0.15, -0.1) is 11.8 Å². The van der Waals surface area contributed by atoms with Gasteiger partial charge >= 0.3 is 0 Å². The van der Waals surface area contributed by atoms with Crippen LogP contribution in [0.3, 0.4) is 0 Å². The molecule has 0 unspecified atom stereocenters. The molecule has 0 atom stereocenters. The van der Waals surface area contributed by atoms with Crippen LogP contribution >= 0.6 is 11.8 Å². The van der Waals surface area contributed by atoms with Gasteiger partial charge in [0, 0.05) is 18.0 Å². The lowest BCUT2D eigenvalue weighted by Gasteiger charge is -2.27. The van der Waals surface area contributed by atoms with E-state index < -0.39 is 10.0 Å². The maximum atomic E-state index is 13.3. The molecule has 0 aliphatic carbocycles. The first-order valence-electron chi connectivity index (χ1n) is 10.8. The Morgan fingerprint density at radius 3 is 2.36 bits per heavy atom. The average molecular weight is 483 g/mol. The molecule has 0 spiro atoms. The topological polar surface area (TPSA) is 75.7 Å². The lowest BCUT2D eigenvalue weighted by atomic mass is 10.1. The van der Waals surface area contributed by atoms with Crippen molar-refractivity contribution in [2.45, 2.75) is 29.1 Å². The van der Waals surface area contributed by atoms with Crippen LogP contribution in [0.2, 0.25) is 0 Å². The van der Waals surface area contributed by atoms with Crippen LogP contribution in [0.25, 0.3) is 0 Å². The van der Waals surface area contributed by atoms with Crippen LogP contribution in [0.1, 0.15) is 29.6 Å². The molecule has 1 amide bonds. The van der Waals surface area contributed by atoms with E-state index in [1.165, 1.54) is 23.9 Å². The van der Waals surface area contributed by atoms with E-state index >= 15 is 0 Å². The first-order valence-corrected chi connectivity index (χ1v) is 13.5. The molecule has 1 aliphatic rings. The highest BCUT2D eigenvalue weighted by molar-refractivity contribution is 7.98. The van der Waals surface area contributed by atoms with E-state index in [1.807, 2.05) is 29.4 Å². The molecule has 0 radical (unpaired) electrons. The molecule has 172 valence electrons. The third-order valence-electron chi connectivity index (χ3n) is 5.46. The molecule has 0 bridgehead atoms. The third kappa shape index (κ3) is 5.51. The van der Waals surface area contributed by atoms with Crippen molar-refractivity contribution in [3.63, 3.8) is 0 Å². The SMILES string of the molecule is CSc1ccc(S(=O)(=O)Nc2ccccc2Oc2ccccc2)cc1C(=O)N1CCCCC1. The number of para-hydroxylation sites is 3. The zero-order chi connectivity index (χ0) is 23.3. The summed E-state index contributed by atoms with van der Waals surface area (Å²) in [4.78, 5) is 15.8. The number of nitrogens with one attached hydrogen (secondary N) is 1. The monoisotopic (exact) mass is 482 g/mol. The minimum absolute atomic E-state index is 0.0372. The van der Waals surface area contributed by atoms with E-state index in [1.54, 1.807) is 42.5 Å². The number of rotatable bonds is 7. The number of anilines is 1. The fourth-order valence-electron chi connectivity index (χ4n) is 3.75. The van der Waals surface area contributed by atoms with Gasteiger partial charge < -0.3 is 9.64 Å². The van der Waals surface area contributed by atoms with Crippen molar-refractivity contribution >= 4 is 33.4 Å². The minimum atomic E-state index is -3.95. The van der Waals surface area contributed by atoms with Crippen LogP contribution in [0.4, 0.5) is 5.69 Å². The molecular formula is C25H26N2O4S2. The van der Waals surface area contributed by atoms with E-state index in [9.17, 15) is 13.2 Å². The number of nitrogens with zero attached hydrogens (tertiary/aromatic N) is 1. The number of amides is 1. The van der Waals surface area contributed by atoms with Crippen LogP contribution in [0.5, 0.6) is 11.5 Å². The number of hydrogen-bond donors (Lipinski definition) is 1. The van der Waals surface area contributed by atoms with Gasteiger partial charge in [0.05, 0.1) is 16.1 Å². The lowest BCUT2D eigenvalue weighted by molar-refractivity contribution is 0.0720. The van der Waals surface area contributed by atoms with Gasteiger partial charge in [-0.05, 0) is 68.0 Å². The first kappa shape index (κ1) is 23.2. The van der Waals surface area contributed by atoms with E-state index in [4.69, 9.17) is 4.74 Å². The van der Waals surface area contributed by atoms with E-state index in [0.717, 1.165) is 24.2 Å². The normalized spacial score (nSPS) is 14.0. The molecule has 1 N–H and O–H groups in total. The van der Waals surface area contributed by atoms with Gasteiger partial charge in [-0.3, -0.25) is 9.52 Å². The summed E-state index contributed by atoms with van der Waals surface area (Å²) < 4.78 is 35.0. The number of thioether (sulfide) groups is 1. The maximum Gasteiger partial charge on any atom is 0.262 e. The second-order valence-corrected chi connectivity index (χ2v) is 10.3. The molecule has 0 aromatic heterocycles. The summed E-state index contributed by atoms with van der Waals surface area (Å²) in [5.41, 5.74) is 0.736. The fraction of sp³-hybridized carbons (Fsp3) is 0.240. The number of benzene rings is 3. The Balaban J connectivity index is 1.62. The van der Waals surface area contributed by atoms with Crippen LogP contribution < -0.4 is 9.46 Å². The predicted octanol–water partition coefficient (Wildman–Crippen LogP) is 5.63. The third-order valence-corrected chi connectivity index (χ3v) is 7.62. The second-order valence-electron chi connectivity index (χ2n) is 7.73. The maximum absolute atomic E-state index is 13.3. The Labute approximate surface area is 199 Å². The zero-order valence-corrected chi connectivity index (χ0v) is 20.0. The van der Waals surface area contributed by atoms with Crippen molar-refractivity contribution in [2.24, 2.45) is 0 Å². The minimum Gasteiger partial charge on any atom is -0.455 e. The number of hydrogen-bond acceptors (Lipinski definition) is 5. The molecule has 4 rings (SSSR count). The van der Waals surface area contributed by atoms with Gasteiger partial charge in [0.1, 0.15) is 5.75 Å². The number of likely N-dealkylation sites (tertiary alicyclic amines) is 1. The molecule has 1 heterocycles. The quantitative estimate of drug-likeness (QED) is 0.442. The largest absolute Gasteiger partial charge is 0.455 e. The molecular weight excluding hydrogens is 456 g/mol. The summed E-state index contributed by atoms with van der Waals surface area (Å²) in [6.07, 6.45) is 4.93. The molecule has 0 saturated carbocycles. The summed E-state index contributed by atoms with van der Waals surface area (Å²) in [6, 6.07) is 20.7. The zero-order valence-electron chi connectivity index (χ0n) is 18.4. The highest BCUT2D eigenvalue weighted by Crippen LogP contribution is 2.32. The van der Waals surface area contributed by atoms with Gasteiger partial charge in [0.15, 0.2) is 5.75 Å². The van der Waals surface area contributed by atoms with Gasteiger partial charge in [0.25, 0.3) is 15.9 Å². The first-order chi connectivity index (χ1) is 16.0. The highest BCUT2D eigenvalue weighted by atomic mass is 32.2. The Kier molecular flexibility index (Phi) is 7.25. The Hall–Kier alpha value is -2.97. The fourth-order valence-corrected chi connectivity index (χ4v) is 5.41. The standard InChI is InChI=1S/C25H26N2O4S2/c1-32-24-15-14-20(18-21(24)25(28)27-16-8-3-9-17-27)33(29,30)26-22-12-6-7-13-23(22)31-19-10-4-2-5-11-19/h2,4-7,10-15,18,26H,3,8-9,16-17H2,1H3. The molecule has 8 heteroatoms. The number of carbonyl (C=O) groups excluding carboxylic acids is 1. The number of sulfonamides is 1. The molecule has 3 aromatic rings. The summed E-state index contributed by atoms with van der Waals surface area (Å²) in [5.74, 6) is 0.865. The molecule has 1 saturated heterocycles. The lowest BCUT2D eigenvalue weighted by Crippen LogP contribution is -2.36. The molecule has 3 aromatic carbocycles. The summed E-state index contributed by atoms with van der Waals surface area (Å²) in [6.45, 7) is 1.40. The second kappa shape index (κ2) is 10.3. The highest BCUT2D eigenvalue weighted by Gasteiger charge is 2.24. The van der Waals surface area contributed by atoms with E-state index in [2.05, 4.69) is 4.72 Å². The van der Waals surface area contributed by atoms with Gasteiger partial charge in [-0.25, -0.2) is 8.42 Å². The van der Waals surface area contributed by atoms with Crippen LogP contribution in [-0.2, 0) is 10.0 Å². The van der Waals surface area contributed by atoms with Gasteiger partial charge in [-0.2, -0.15) is 0 Å². The molecule has 1 aliphatic heterocycles. The molecule has 33 heavy (non-hydrogen) atoms. The van der Waals surface area contributed by atoms with Crippen molar-refractivity contribution in [1.82, 2.24) is 4.90 Å². The van der Waals surface area contributed by atoms with Crippen molar-refractivity contribution in [3.8, 4) is 11.5 Å². The Morgan fingerprint density at radius 2 is 1.64 bits per heavy atom. The van der Waals surface area contributed by atoms with Crippen LogP contribution in [0.15, 0.2) is 82.6 Å². The van der Waals surface area contributed by atoms with E-state index in [-0.39, 0.29) is 10.8 Å². The number of ether oxygens (including phenoxy) is 1. The van der Waals surface area contributed by atoms with Crippen molar-refractivity contribution < 1.29 is 17.9 Å². The number of carbonyl (C=O) groups is 1. The van der Waals surface area contributed by atoms with Crippen molar-refractivity contribution in [2.75, 3.05) is 24.1 Å². The number of piperidine rings is 1. The predicted molar refractivity (Wildman–Crippen MR) is 132 cm³/mol. The van der Waals surface area contributed by atoms with Crippen molar-refractivity contribution in [1.29, 1.82) is 0 Å². The van der Waals surface area contributed by atoms with Crippen LogP contribution in [0, 0.1) is 0 Å². The smallest absolute Gasteiger partial charge is 0.262 e. The van der Waals surface area contributed by atoms with Crippen LogP contribution in [-0.4, -0.2) is 38.6 Å².